The molecule has 0 bridgehead atoms. The molecule has 0 radical (unpaired) electrons. The van der Waals surface area contributed by atoms with Gasteiger partial charge in [-0.05, 0) is 61.3 Å². The van der Waals surface area contributed by atoms with E-state index in [0.29, 0.717) is 25.7 Å². The zero-order chi connectivity index (χ0) is 29.1. The molecule has 5 N–H and O–H groups in total. The summed E-state index contributed by atoms with van der Waals surface area (Å²) in [5, 5.41) is 51.7. The van der Waals surface area contributed by atoms with Gasteiger partial charge in [-0.3, -0.25) is 4.79 Å². The fraction of sp³-hybridized carbons (Fsp3) is 0.545. The third-order valence-corrected chi connectivity index (χ3v) is 8.25. The molecular weight excluding hydrogens is 506 g/mol. The molecule has 1 aliphatic rings. The van der Waals surface area contributed by atoms with E-state index in [1.54, 1.807) is 32.2 Å². The van der Waals surface area contributed by atoms with Crippen molar-refractivity contribution in [1.29, 1.82) is 0 Å². The Morgan fingerprint density at radius 2 is 1.73 bits per heavy atom. The SMILES string of the molecule is Cc1ccc(CC(O)N(C)C(=O)CCCCCC[C@@H]2[C@@H](/C=C/[C@@H](O)CCc3ccccc3)[C@H](O)C[C@@H]2O)cc1O. The van der Waals surface area contributed by atoms with Gasteiger partial charge >= 0.3 is 0 Å². The Labute approximate surface area is 238 Å². The van der Waals surface area contributed by atoms with E-state index in [4.69, 9.17) is 0 Å². The van der Waals surface area contributed by atoms with Crippen LogP contribution in [-0.2, 0) is 17.6 Å². The van der Waals surface area contributed by atoms with Crippen LogP contribution in [0.1, 0.15) is 68.1 Å². The summed E-state index contributed by atoms with van der Waals surface area (Å²) in [6.07, 6.45) is 7.45. The minimum Gasteiger partial charge on any atom is -0.508 e. The summed E-state index contributed by atoms with van der Waals surface area (Å²) in [6, 6.07) is 15.3. The number of phenols is 1. The van der Waals surface area contributed by atoms with Gasteiger partial charge in [-0.25, -0.2) is 0 Å². The first kappa shape index (κ1) is 31.8. The number of unbranched alkanes of at least 4 members (excludes halogenated alkanes) is 3. The molecule has 1 aliphatic carbocycles. The highest BCUT2D eigenvalue weighted by Gasteiger charge is 2.39. The Hall–Kier alpha value is -2.71. The number of aryl methyl sites for hydroxylation is 2. The molecule has 0 aliphatic heterocycles. The molecule has 1 amide bonds. The summed E-state index contributed by atoms with van der Waals surface area (Å²) in [6.45, 7) is 1.81. The first-order valence-electron chi connectivity index (χ1n) is 14.6. The number of aromatic hydroxyl groups is 1. The van der Waals surface area contributed by atoms with Crippen LogP contribution in [0.3, 0.4) is 0 Å². The van der Waals surface area contributed by atoms with E-state index in [1.807, 2.05) is 42.5 Å². The van der Waals surface area contributed by atoms with Crippen molar-refractivity contribution in [3.8, 4) is 5.75 Å². The lowest BCUT2D eigenvalue weighted by Gasteiger charge is -2.24. The largest absolute Gasteiger partial charge is 0.508 e. The molecule has 1 unspecified atom stereocenters. The van der Waals surface area contributed by atoms with Crippen LogP contribution in [0.4, 0.5) is 0 Å². The number of likely N-dealkylation sites (N-methyl/N-ethyl adjacent to an activating group) is 1. The van der Waals surface area contributed by atoms with Crippen LogP contribution in [0.2, 0.25) is 0 Å². The van der Waals surface area contributed by atoms with Gasteiger partial charge in [-0.1, -0.05) is 73.9 Å². The van der Waals surface area contributed by atoms with Crippen LogP contribution in [-0.4, -0.2) is 67.9 Å². The van der Waals surface area contributed by atoms with Gasteiger partial charge in [-0.15, -0.1) is 0 Å². The van der Waals surface area contributed by atoms with Gasteiger partial charge in [0.15, 0.2) is 0 Å². The molecular formula is C33H47NO6. The maximum absolute atomic E-state index is 12.5. The second-order valence-corrected chi connectivity index (χ2v) is 11.4. The van der Waals surface area contributed by atoms with E-state index >= 15 is 0 Å². The van der Waals surface area contributed by atoms with E-state index in [-0.39, 0.29) is 29.9 Å². The van der Waals surface area contributed by atoms with Crippen molar-refractivity contribution in [2.24, 2.45) is 11.8 Å². The molecule has 0 aromatic heterocycles. The highest BCUT2D eigenvalue weighted by molar-refractivity contribution is 5.76. The summed E-state index contributed by atoms with van der Waals surface area (Å²) >= 11 is 0. The third-order valence-electron chi connectivity index (χ3n) is 8.25. The van der Waals surface area contributed by atoms with Crippen LogP contribution in [0.5, 0.6) is 5.75 Å². The van der Waals surface area contributed by atoms with E-state index < -0.39 is 24.5 Å². The first-order chi connectivity index (χ1) is 19.2. The van der Waals surface area contributed by atoms with Crippen LogP contribution < -0.4 is 0 Å². The number of benzene rings is 2. The molecule has 7 heteroatoms. The van der Waals surface area contributed by atoms with Gasteiger partial charge < -0.3 is 30.4 Å². The van der Waals surface area contributed by atoms with Crippen LogP contribution in [0, 0.1) is 18.8 Å². The van der Waals surface area contributed by atoms with Crippen LogP contribution in [0.15, 0.2) is 60.7 Å². The van der Waals surface area contributed by atoms with Crippen molar-refractivity contribution < 1.29 is 30.3 Å². The van der Waals surface area contributed by atoms with E-state index in [2.05, 4.69) is 0 Å². The fourth-order valence-corrected chi connectivity index (χ4v) is 5.57. The predicted molar refractivity (Wildman–Crippen MR) is 157 cm³/mol. The standard InChI is InChI=1S/C33H47NO6/c1-23-14-15-25(20-29(23)36)21-33(40)34(2)32(39)13-9-4-3-8-12-27-28(31(38)22-30(27)37)19-18-26(35)17-16-24-10-6-5-7-11-24/h5-7,10-11,14-15,18-20,26-28,30-31,33,35-38,40H,3-4,8-9,12-13,16-17,21-22H2,1-2H3/b19-18+/t26-,27+,28+,30-,31+,33?/m0/s1. The summed E-state index contributed by atoms with van der Waals surface area (Å²) in [5.41, 5.74) is 2.71. The molecule has 0 heterocycles. The number of carbonyl (C=O) groups is 1. The summed E-state index contributed by atoms with van der Waals surface area (Å²) < 4.78 is 0. The predicted octanol–water partition coefficient (Wildman–Crippen LogP) is 4.27. The Morgan fingerprint density at radius 3 is 2.45 bits per heavy atom. The van der Waals surface area contributed by atoms with Gasteiger partial charge in [0, 0.05) is 32.2 Å². The molecule has 1 saturated carbocycles. The minimum absolute atomic E-state index is 0.0447. The van der Waals surface area contributed by atoms with Crippen molar-refractivity contribution in [2.75, 3.05) is 7.05 Å². The monoisotopic (exact) mass is 553 g/mol. The van der Waals surface area contributed by atoms with E-state index in [9.17, 15) is 30.3 Å². The molecule has 0 saturated heterocycles. The minimum atomic E-state index is -0.952. The number of nitrogens with zero attached hydrogens (tertiary/aromatic N) is 1. The second-order valence-electron chi connectivity index (χ2n) is 11.4. The zero-order valence-electron chi connectivity index (χ0n) is 23.9. The number of phenolic OH excluding ortho intramolecular Hbond substituents is 1. The summed E-state index contributed by atoms with van der Waals surface area (Å²) in [4.78, 5) is 13.9. The Bertz CT molecular complexity index is 1070. The highest BCUT2D eigenvalue weighted by Crippen LogP contribution is 2.37. The van der Waals surface area contributed by atoms with Crippen molar-refractivity contribution in [3.63, 3.8) is 0 Å². The molecule has 6 atom stereocenters. The lowest BCUT2D eigenvalue weighted by molar-refractivity contribution is -0.138. The average Bonchev–Trinajstić information content (AvgIpc) is 3.21. The highest BCUT2D eigenvalue weighted by atomic mass is 16.3. The van der Waals surface area contributed by atoms with Crippen molar-refractivity contribution in [3.05, 3.63) is 77.4 Å². The lowest BCUT2D eigenvalue weighted by Crippen LogP contribution is -2.38. The second kappa shape index (κ2) is 15.9. The third kappa shape index (κ3) is 9.73. The van der Waals surface area contributed by atoms with Crippen molar-refractivity contribution >= 4 is 5.91 Å². The molecule has 40 heavy (non-hydrogen) atoms. The molecule has 7 nitrogen and oxygen atoms in total. The topological polar surface area (TPSA) is 121 Å². The van der Waals surface area contributed by atoms with Gasteiger partial charge in [0.05, 0.1) is 18.3 Å². The normalized spacial score (nSPS) is 22.4. The molecule has 3 rings (SSSR count). The summed E-state index contributed by atoms with van der Waals surface area (Å²) in [5.74, 6) is -0.156. The molecule has 1 fully saturated rings. The molecule has 2 aromatic rings. The molecule has 2 aromatic carbocycles. The zero-order valence-corrected chi connectivity index (χ0v) is 23.9. The van der Waals surface area contributed by atoms with Gasteiger partial charge in [0.2, 0.25) is 5.91 Å². The van der Waals surface area contributed by atoms with Crippen LogP contribution >= 0.6 is 0 Å². The Morgan fingerprint density at radius 1 is 1.00 bits per heavy atom. The lowest BCUT2D eigenvalue weighted by atomic mass is 9.87. The number of amides is 1. The van der Waals surface area contributed by atoms with Crippen molar-refractivity contribution in [1.82, 2.24) is 4.90 Å². The maximum Gasteiger partial charge on any atom is 0.224 e. The number of hydrogen-bond donors (Lipinski definition) is 5. The molecule has 220 valence electrons. The maximum atomic E-state index is 12.5. The summed E-state index contributed by atoms with van der Waals surface area (Å²) in [7, 11) is 1.60. The Kier molecular flexibility index (Phi) is 12.7. The van der Waals surface area contributed by atoms with Gasteiger partial charge in [-0.2, -0.15) is 0 Å². The van der Waals surface area contributed by atoms with Gasteiger partial charge in [0.1, 0.15) is 12.0 Å². The van der Waals surface area contributed by atoms with E-state index in [0.717, 1.165) is 43.2 Å². The smallest absolute Gasteiger partial charge is 0.224 e. The van der Waals surface area contributed by atoms with Gasteiger partial charge in [0.25, 0.3) is 0 Å². The average molecular weight is 554 g/mol. The quantitative estimate of drug-likeness (QED) is 0.128. The first-order valence-corrected chi connectivity index (χ1v) is 14.6. The fourth-order valence-electron chi connectivity index (χ4n) is 5.57. The molecule has 0 spiro atoms. The number of aliphatic hydroxyl groups is 4. The number of rotatable bonds is 15. The van der Waals surface area contributed by atoms with Crippen LogP contribution in [0.25, 0.3) is 0 Å². The number of hydrogen-bond acceptors (Lipinski definition) is 6. The van der Waals surface area contributed by atoms with E-state index in [1.165, 1.54) is 10.5 Å². The Balaban J connectivity index is 1.35. The number of carbonyl (C=O) groups excluding carboxylic acids is 1. The van der Waals surface area contributed by atoms with Crippen molar-refractivity contribution in [2.45, 2.75) is 95.7 Å². The number of aliphatic hydroxyl groups excluding tert-OH is 4.